The van der Waals surface area contributed by atoms with Crippen LogP contribution in [0.1, 0.15) is 5.56 Å². The fourth-order valence-electron chi connectivity index (χ4n) is 1.25. The summed E-state index contributed by atoms with van der Waals surface area (Å²) in [6.45, 7) is 1.71. The second-order valence-corrected chi connectivity index (χ2v) is 2.99. The summed E-state index contributed by atoms with van der Waals surface area (Å²) in [5, 5.41) is 3.41. The molecule has 2 nitrogen and oxygen atoms in total. The van der Waals surface area contributed by atoms with Crippen LogP contribution in [0, 0.1) is 6.92 Å². The van der Waals surface area contributed by atoms with Crippen LogP contribution in [0.25, 0.3) is 0 Å². The molecule has 0 amide bonds. The lowest BCUT2D eigenvalue weighted by molar-refractivity contribution is -0.0608. The highest BCUT2D eigenvalue weighted by atomic mass is 19.4. The molecule has 14 heavy (non-hydrogen) atoms. The SMILES string of the molecule is Cc1cccc2c1N=C(C(F)(F)F)[N]2. The molecule has 5 heteroatoms. The van der Waals surface area contributed by atoms with Crippen LogP contribution in [-0.4, -0.2) is 12.0 Å². The van der Waals surface area contributed by atoms with E-state index in [1.165, 1.54) is 6.07 Å². The first-order valence-corrected chi connectivity index (χ1v) is 3.96. The van der Waals surface area contributed by atoms with Crippen molar-refractivity contribution in [2.24, 2.45) is 4.99 Å². The maximum Gasteiger partial charge on any atom is 0.451 e. The number of halogens is 3. The van der Waals surface area contributed by atoms with Crippen LogP contribution in [0.3, 0.4) is 0 Å². The minimum atomic E-state index is -4.47. The van der Waals surface area contributed by atoms with Gasteiger partial charge in [0, 0.05) is 0 Å². The molecule has 73 valence electrons. The molecular weight excluding hydrogens is 193 g/mol. The van der Waals surface area contributed by atoms with Gasteiger partial charge >= 0.3 is 6.18 Å². The smallest absolute Gasteiger partial charge is 0.223 e. The molecule has 1 aromatic rings. The van der Waals surface area contributed by atoms with Crippen molar-refractivity contribution in [3.05, 3.63) is 23.8 Å². The number of hydrogen-bond acceptors (Lipinski definition) is 1. The van der Waals surface area contributed by atoms with E-state index < -0.39 is 12.0 Å². The Morgan fingerprint density at radius 3 is 2.50 bits per heavy atom. The largest absolute Gasteiger partial charge is 0.451 e. The Kier molecular flexibility index (Phi) is 1.77. The van der Waals surface area contributed by atoms with Gasteiger partial charge in [-0.15, -0.1) is 0 Å². The summed E-state index contributed by atoms with van der Waals surface area (Å²) in [4.78, 5) is 3.45. The van der Waals surface area contributed by atoms with Crippen molar-refractivity contribution in [3.63, 3.8) is 0 Å². The van der Waals surface area contributed by atoms with Gasteiger partial charge in [0.25, 0.3) is 0 Å². The zero-order valence-electron chi connectivity index (χ0n) is 7.26. The van der Waals surface area contributed by atoms with Crippen LogP contribution >= 0.6 is 0 Å². The normalized spacial score (nSPS) is 14.7. The molecule has 1 aromatic carbocycles. The highest BCUT2D eigenvalue weighted by Crippen LogP contribution is 2.36. The number of nitrogens with zero attached hydrogens (tertiary/aromatic N) is 2. The van der Waals surface area contributed by atoms with Gasteiger partial charge in [-0.3, -0.25) is 0 Å². The topological polar surface area (TPSA) is 26.5 Å². The maximum atomic E-state index is 12.2. The maximum absolute atomic E-state index is 12.2. The number of hydrogen-bond donors (Lipinski definition) is 0. The molecule has 1 radical (unpaired) electrons. The van der Waals surface area contributed by atoms with E-state index in [0.717, 1.165) is 0 Å². The monoisotopic (exact) mass is 199 g/mol. The zero-order valence-corrected chi connectivity index (χ0v) is 7.26. The number of fused-ring (bicyclic) bond motifs is 1. The van der Waals surface area contributed by atoms with Crippen molar-refractivity contribution in [3.8, 4) is 0 Å². The molecular formula is C9H6F3N2. The summed E-state index contributed by atoms with van der Waals surface area (Å²) in [5.74, 6) is -1.07. The van der Waals surface area contributed by atoms with Gasteiger partial charge < -0.3 is 0 Å². The Hall–Kier alpha value is -1.52. The van der Waals surface area contributed by atoms with Crippen LogP contribution in [0.2, 0.25) is 0 Å². The third kappa shape index (κ3) is 1.34. The van der Waals surface area contributed by atoms with Crippen LogP contribution in [0.4, 0.5) is 24.5 Å². The Morgan fingerprint density at radius 1 is 1.21 bits per heavy atom. The molecule has 0 N–H and O–H groups in total. The number of rotatable bonds is 0. The molecule has 0 unspecified atom stereocenters. The first-order chi connectivity index (χ1) is 6.48. The van der Waals surface area contributed by atoms with E-state index in [1.54, 1.807) is 19.1 Å². The lowest BCUT2D eigenvalue weighted by atomic mass is 10.2. The van der Waals surface area contributed by atoms with E-state index in [-0.39, 0.29) is 5.69 Å². The molecule has 0 spiro atoms. The standard InChI is InChI=1S/C9H6F3N2/c1-5-3-2-4-6-7(5)14-8(13-6)9(10,11)12/h2-4H,1H3. The molecule has 0 atom stereocenters. The van der Waals surface area contributed by atoms with Crippen molar-refractivity contribution in [2.75, 3.05) is 0 Å². The van der Waals surface area contributed by atoms with E-state index in [0.29, 0.717) is 11.3 Å². The second kappa shape index (κ2) is 2.73. The summed E-state index contributed by atoms with van der Waals surface area (Å²) in [7, 11) is 0. The van der Waals surface area contributed by atoms with E-state index in [2.05, 4.69) is 10.3 Å². The Balaban J connectivity index is 2.45. The first kappa shape index (κ1) is 9.05. The minimum Gasteiger partial charge on any atom is -0.223 e. The van der Waals surface area contributed by atoms with E-state index in [9.17, 15) is 13.2 Å². The number of aryl methyl sites for hydroxylation is 1. The molecule has 0 saturated heterocycles. The zero-order chi connectivity index (χ0) is 10.3. The number of alkyl halides is 3. The van der Waals surface area contributed by atoms with Gasteiger partial charge in [-0.1, -0.05) is 12.1 Å². The lowest BCUT2D eigenvalue weighted by Gasteiger charge is -2.02. The Morgan fingerprint density at radius 2 is 1.93 bits per heavy atom. The molecule has 1 aliphatic rings. The van der Waals surface area contributed by atoms with Crippen LogP contribution in [0.5, 0.6) is 0 Å². The van der Waals surface area contributed by atoms with Crippen LogP contribution < -0.4 is 5.32 Å². The number of aliphatic imine (C=N–C) groups is 1. The molecule has 0 saturated carbocycles. The molecule has 0 bridgehead atoms. The van der Waals surface area contributed by atoms with Gasteiger partial charge in [0.05, 0.1) is 11.4 Å². The summed E-state index contributed by atoms with van der Waals surface area (Å²) in [5.41, 5.74) is 1.31. The average molecular weight is 199 g/mol. The summed E-state index contributed by atoms with van der Waals surface area (Å²) < 4.78 is 36.7. The van der Waals surface area contributed by atoms with Gasteiger partial charge in [-0.2, -0.15) is 13.2 Å². The van der Waals surface area contributed by atoms with Crippen molar-refractivity contribution < 1.29 is 13.2 Å². The predicted octanol–water partition coefficient (Wildman–Crippen LogP) is 2.84. The molecule has 2 rings (SSSR count). The second-order valence-electron chi connectivity index (χ2n) is 2.99. The lowest BCUT2D eigenvalue weighted by Crippen LogP contribution is -2.27. The summed E-state index contributed by atoms with van der Waals surface area (Å²) in [6.07, 6.45) is -4.47. The van der Waals surface area contributed by atoms with E-state index in [4.69, 9.17) is 0 Å². The highest BCUT2D eigenvalue weighted by molar-refractivity contribution is 6.00. The molecule has 0 fully saturated rings. The molecule has 1 aliphatic heterocycles. The van der Waals surface area contributed by atoms with Gasteiger partial charge in [0.1, 0.15) is 0 Å². The number of benzene rings is 1. The molecule has 1 heterocycles. The van der Waals surface area contributed by atoms with Gasteiger partial charge in [-0.25, -0.2) is 10.3 Å². The van der Waals surface area contributed by atoms with E-state index in [1.807, 2.05) is 0 Å². The summed E-state index contributed by atoms with van der Waals surface area (Å²) >= 11 is 0. The predicted molar refractivity (Wildman–Crippen MR) is 46.1 cm³/mol. The van der Waals surface area contributed by atoms with Crippen molar-refractivity contribution in [1.82, 2.24) is 5.32 Å². The number of amidine groups is 1. The minimum absolute atomic E-state index is 0.289. The van der Waals surface area contributed by atoms with Gasteiger partial charge in [0.2, 0.25) is 5.84 Å². The van der Waals surface area contributed by atoms with Crippen molar-refractivity contribution in [2.45, 2.75) is 13.1 Å². The third-order valence-corrected chi connectivity index (χ3v) is 1.91. The van der Waals surface area contributed by atoms with Gasteiger partial charge in [0.15, 0.2) is 0 Å². The van der Waals surface area contributed by atoms with E-state index >= 15 is 0 Å². The average Bonchev–Trinajstić information content (AvgIpc) is 2.48. The molecule has 0 aromatic heterocycles. The number of para-hydroxylation sites is 1. The molecule has 0 aliphatic carbocycles. The quantitative estimate of drug-likeness (QED) is 0.614. The fraction of sp³-hybridized carbons (Fsp3) is 0.222. The Labute approximate surface area is 78.5 Å². The van der Waals surface area contributed by atoms with Crippen molar-refractivity contribution in [1.29, 1.82) is 0 Å². The first-order valence-electron chi connectivity index (χ1n) is 3.96. The third-order valence-electron chi connectivity index (χ3n) is 1.91. The van der Waals surface area contributed by atoms with Crippen LogP contribution in [-0.2, 0) is 0 Å². The van der Waals surface area contributed by atoms with Crippen LogP contribution in [0.15, 0.2) is 23.2 Å². The van der Waals surface area contributed by atoms with Gasteiger partial charge in [-0.05, 0) is 18.6 Å². The Bertz CT molecular complexity index is 407. The summed E-state index contributed by atoms with van der Waals surface area (Å²) in [6, 6.07) is 4.88. The fourth-order valence-corrected chi connectivity index (χ4v) is 1.25. The highest BCUT2D eigenvalue weighted by Gasteiger charge is 2.40. The van der Waals surface area contributed by atoms with Crippen molar-refractivity contribution >= 4 is 17.2 Å².